The molecule has 0 saturated heterocycles. The molecule has 0 bridgehead atoms. The minimum atomic E-state index is 0.321. The van der Waals surface area contributed by atoms with Gasteiger partial charge in [-0.15, -0.1) is 0 Å². The Hall–Kier alpha value is -3.00. The summed E-state index contributed by atoms with van der Waals surface area (Å²) in [5, 5.41) is 2.43. The summed E-state index contributed by atoms with van der Waals surface area (Å²) < 4.78 is 6.26. The number of nitrogens with zero attached hydrogens (tertiary/aromatic N) is 1. The van der Waals surface area contributed by atoms with Crippen molar-refractivity contribution in [2.75, 3.05) is 4.90 Å². The lowest BCUT2D eigenvalue weighted by atomic mass is 9.87. The van der Waals surface area contributed by atoms with Crippen molar-refractivity contribution in [2.45, 2.75) is 46.7 Å². The van der Waals surface area contributed by atoms with Crippen LogP contribution in [0.5, 0.6) is 0 Å². The molecule has 3 aromatic carbocycles. The van der Waals surface area contributed by atoms with Gasteiger partial charge in [0.25, 0.3) is 0 Å². The van der Waals surface area contributed by atoms with E-state index in [0.717, 1.165) is 24.1 Å². The van der Waals surface area contributed by atoms with Crippen LogP contribution in [0.2, 0.25) is 0 Å². The quantitative estimate of drug-likeness (QED) is 0.347. The van der Waals surface area contributed by atoms with Crippen molar-refractivity contribution < 1.29 is 4.42 Å². The molecule has 0 amide bonds. The summed E-state index contributed by atoms with van der Waals surface area (Å²) in [5.74, 6) is 0.618. The molecule has 0 aliphatic carbocycles. The van der Waals surface area contributed by atoms with Crippen LogP contribution in [0.25, 0.3) is 27.5 Å². The molecule has 6 rings (SSSR count). The van der Waals surface area contributed by atoms with Crippen LogP contribution < -0.4 is 4.90 Å². The van der Waals surface area contributed by atoms with E-state index < -0.39 is 0 Å². The third-order valence-electron chi connectivity index (χ3n) is 6.77. The molecule has 3 heterocycles. The molecule has 0 spiro atoms. The largest absolute Gasteiger partial charge is 0.456 e. The molecule has 0 saturated carbocycles. The predicted molar refractivity (Wildman–Crippen MR) is 126 cm³/mol. The molecule has 0 radical (unpaired) electrons. The van der Waals surface area contributed by atoms with Gasteiger partial charge in [0, 0.05) is 34.6 Å². The standard InChI is InChI=1S/C28H27NO/c1-16(2)9-19-12-25-22-11-17(3)10-18(4)24(22)15-29(25)26-14-28-23(13-21(19)26)20-7-5-6-8-27(20)30-28/h5-8,10-14,16,25H,9,15H2,1-4H3. The number of allylic oxidation sites excluding steroid dienone is 1. The van der Waals surface area contributed by atoms with Crippen molar-refractivity contribution in [1.29, 1.82) is 0 Å². The van der Waals surface area contributed by atoms with Gasteiger partial charge >= 0.3 is 0 Å². The third kappa shape index (κ3) is 2.49. The lowest BCUT2D eigenvalue weighted by Crippen LogP contribution is -2.24. The van der Waals surface area contributed by atoms with E-state index >= 15 is 0 Å². The number of para-hydroxylation sites is 1. The van der Waals surface area contributed by atoms with Gasteiger partial charge in [0.1, 0.15) is 11.2 Å². The van der Waals surface area contributed by atoms with E-state index in [1.54, 1.807) is 0 Å². The lowest BCUT2D eigenvalue weighted by Gasteiger charge is -2.33. The first-order valence-electron chi connectivity index (χ1n) is 11.0. The molecule has 0 fully saturated rings. The maximum Gasteiger partial charge on any atom is 0.137 e. The summed E-state index contributed by atoms with van der Waals surface area (Å²) in [5.41, 5.74) is 11.8. The highest BCUT2D eigenvalue weighted by atomic mass is 16.3. The number of hydrogen-bond acceptors (Lipinski definition) is 2. The average Bonchev–Trinajstić information content (AvgIpc) is 3.25. The molecule has 4 aromatic rings. The normalized spacial score (nSPS) is 17.4. The summed E-state index contributed by atoms with van der Waals surface area (Å²) in [6.45, 7) is 10.1. The molecule has 1 atom stereocenters. The molecule has 0 N–H and O–H groups in total. The first-order chi connectivity index (χ1) is 14.5. The molecule has 2 nitrogen and oxygen atoms in total. The predicted octanol–water partition coefficient (Wildman–Crippen LogP) is 7.71. The number of fused-ring (bicyclic) bond motifs is 8. The highest BCUT2D eigenvalue weighted by Crippen LogP contribution is 2.50. The summed E-state index contributed by atoms with van der Waals surface area (Å²) in [6, 6.07) is 18.1. The first kappa shape index (κ1) is 17.8. The Balaban J connectivity index is 1.61. The Morgan fingerprint density at radius 1 is 1.00 bits per heavy atom. The van der Waals surface area contributed by atoms with Crippen LogP contribution in [-0.2, 0) is 6.54 Å². The molecule has 2 aliphatic rings. The Morgan fingerprint density at radius 2 is 1.83 bits per heavy atom. The molecule has 150 valence electrons. The lowest BCUT2D eigenvalue weighted by molar-refractivity contribution is 0.662. The van der Waals surface area contributed by atoms with Crippen LogP contribution >= 0.6 is 0 Å². The summed E-state index contributed by atoms with van der Waals surface area (Å²) in [6.07, 6.45) is 3.62. The molecule has 1 aromatic heterocycles. The fourth-order valence-electron chi connectivity index (χ4n) is 5.52. The second kappa shape index (κ2) is 6.25. The van der Waals surface area contributed by atoms with Gasteiger partial charge in [0.05, 0.1) is 6.04 Å². The third-order valence-corrected chi connectivity index (χ3v) is 6.77. The van der Waals surface area contributed by atoms with Crippen LogP contribution in [0.15, 0.2) is 59.0 Å². The molecule has 30 heavy (non-hydrogen) atoms. The van der Waals surface area contributed by atoms with Crippen molar-refractivity contribution >= 4 is 33.2 Å². The number of hydrogen-bond donors (Lipinski definition) is 0. The minimum Gasteiger partial charge on any atom is -0.456 e. The van der Waals surface area contributed by atoms with Crippen LogP contribution in [-0.4, -0.2) is 0 Å². The zero-order valence-electron chi connectivity index (χ0n) is 18.1. The van der Waals surface area contributed by atoms with E-state index in [2.05, 4.69) is 81.1 Å². The van der Waals surface area contributed by atoms with E-state index in [0.29, 0.717) is 12.0 Å². The monoisotopic (exact) mass is 393 g/mol. The van der Waals surface area contributed by atoms with Crippen molar-refractivity contribution in [1.82, 2.24) is 0 Å². The van der Waals surface area contributed by atoms with Gasteiger partial charge in [-0.25, -0.2) is 0 Å². The molecule has 2 aliphatic heterocycles. The number of anilines is 1. The molecule has 1 unspecified atom stereocenters. The zero-order chi connectivity index (χ0) is 20.6. The minimum absolute atomic E-state index is 0.321. The smallest absolute Gasteiger partial charge is 0.137 e. The fraction of sp³-hybridized carbons (Fsp3) is 0.286. The Kier molecular flexibility index (Phi) is 3.71. The zero-order valence-corrected chi connectivity index (χ0v) is 18.1. The second-order valence-corrected chi connectivity index (χ2v) is 9.48. The van der Waals surface area contributed by atoms with Gasteiger partial charge in [-0.1, -0.05) is 55.8 Å². The van der Waals surface area contributed by atoms with Gasteiger partial charge in [0.2, 0.25) is 0 Å². The van der Waals surface area contributed by atoms with Gasteiger partial charge < -0.3 is 9.32 Å². The van der Waals surface area contributed by atoms with E-state index in [9.17, 15) is 0 Å². The maximum atomic E-state index is 6.26. The Labute approximate surface area is 177 Å². The first-order valence-corrected chi connectivity index (χ1v) is 11.0. The number of benzene rings is 3. The molecular formula is C28H27NO. The summed E-state index contributed by atoms with van der Waals surface area (Å²) >= 11 is 0. The van der Waals surface area contributed by atoms with Crippen LogP contribution in [0.4, 0.5) is 5.69 Å². The SMILES string of the molecule is Cc1cc(C)c2c(c1)C1C=C(CC(C)C)c3cc4c(cc3N1C2)oc1ccccc14. The van der Waals surface area contributed by atoms with Crippen LogP contribution in [0.1, 0.15) is 54.1 Å². The highest BCUT2D eigenvalue weighted by molar-refractivity contribution is 6.08. The topological polar surface area (TPSA) is 16.4 Å². The number of furan rings is 1. The Bertz CT molecular complexity index is 1350. The summed E-state index contributed by atoms with van der Waals surface area (Å²) in [7, 11) is 0. The molecular weight excluding hydrogens is 366 g/mol. The van der Waals surface area contributed by atoms with E-state index in [1.165, 1.54) is 49.9 Å². The van der Waals surface area contributed by atoms with Gasteiger partial charge in [0.15, 0.2) is 0 Å². The number of rotatable bonds is 2. The number of aryl methyl sites for hydroxylation is 2. The summed E-state index contributed by atoms with van der Waals surface area (Å²) in [4.78, 5) is 2.57. The average molecular weight is 394 g/mol. The van der Waals surface area contributed by atoms with E-state index in [-0.39, 0.29) is 0 Å². The molecule has 2 heteroatoms. The van der Waals surface area contributed by atoms with Crippen LogP contribution in [0, 0.1) is 19.8 Å². The van der Waals surface area contributed by atoms with E-state index in [4.69, 9.17) is 4.42 Å². The van der Waals surface area contributed by atoms with Crippen molar-refractivity contribution in [2.24, 2.45) is 5.92 Å². The Morgan fingerprint density at radius 3 is 2.67 bits per heavy atom. The van der Waals surface area contributed by atoms with E-state index in [1.807, 2.05) is 6.07 Å². The van der Waals surface area contributed by atoms with Gasteiger partial charge in [-0.3, -0.25) is 0 Å². The van der Waals surface area contributed by atoms with Crippen molar-refractivity contribution in [3.05, 3.63) is 82.4 Å². The highest BCUT2D eigenvalue weighted by Gasteiger charge is 2.35. The van der Waals surface area contributed by atoms with Gasteiger partial charge in [-0.05, 0) is 60.6 Å². The van der Waals surface area contributed by atoms with Crippen LogP contribution in [0.3, 0.4) is 0 Å². The van der Waals surface area contributed by atoms with Gasteiger partial charge in [-0.2, -0.15) is 0 Å². The maximum absolute atomic E-state index is 6.26. The fourth-order valence-corrected chi connectivity index (χ4v) is 5.52. The van der Waals surface area contributed by atoms with Crippen molar-refractivity contribution in [3.63, 3.8) is 0 Å². The second-order valence-electron chi connectivity index (χ2n) is 9.48. The van der Waals surface area contributed by atoms with Crippen molar-refractivity contribution in [3.8, 4) is 0 Å².